The summed E-state index contributed by atoms with van der Waals surface area (Å²) in [5, 5.41) is 22.0. The van der Waals surface area contributed by atoms with Gasteiger partial charge in [0.25, 0.3) is 5.91 Å². The molecule has 0 atom stereocenters. The van der Waals surface area contributed by atoms with Crippen molar-refractivity contribution < 1.29 is 9.53 Å². The summed E-state index contributed by atoms with van der Waals surface area (Å²) in [5.41, 5.74) is 3.88. The molecule has 1 saturated carbocycles. The number of amides is 1. The second-order valence-electron chi connectivity index (χ2n) is 10.1. The van der Waals surface area contributed by atoms with Crippen molar-refractivity contribution in [2.24, 2.45) is 5.41 Å². The van der Waals surface area contributed by atoms with Gasteiger partial charge in [-0.25, -0.2) is 4.98 Å². The van der Waals surface area contributed by atoms with Crippen LogP contribution in [0.25, 0.3) is 5.57 Å². The number of nitriles is 2. The maximum absolute atomic E-state index is 13.3. The molecule has 0 bridgehead atoms. The lowest BCUT2D eigenvalue weighted by Crippen LogP contribution is -2.20. The molecule has 2 aliphatic carbocycles. The van der Waals surface area contributed by atoms with Crippen molar-refractivity contribution in [1.82, 2.24) is 9.55 Å². The second-order valence-corrected chi connectivity index (χ2v) is 10.1. The monoisotopic (exact) mass is 457 g/mol. The van der Waals surface area contributed by atoms with Crippen molar-refractivity contribution in [3.8, 4) is 12.1 Å². The average Bonchev–Trinajstić information content (AvgIpc) is 3.52. The molecule has 4 rings (SSSR count). The SMILES string of the molecule is CCCOCn1cc(C#N)nc1C(=O)Nc1ccc(C2(C#N)CC2)cc1C1=CCC(C)(C)CC1. The molecule has 7 nitrogen and oxygen atoms in total. The van der Waals surface area contributed by atoms with Crippen LogP contribution in [0.15, 0.2) is 30.5 Å². The lowest BCUT2D eigenvalue weighted by Gasteiger charge is -2.29. The van der Waals surface area contributed by atoms with Gasteiger partial charge in [0.2, 0.25) is 5.82 Å². The van der Waals surface area contributed by atoms with E-state index in [1.165, 1.54) is 11.8 Å². The quantitative estimate of drug-likeness (QED) is 0.524. The zero-order chi connectivity index (χ0) is 24.3. The summed E-state index contributed by atoms with van der Waals surface area (Å²) in [5.74, 6) is -0.258. The van der Waals surface area contributed by atoms with E-state index in [1.54, 1.807) is 4.57 Å². The molecule has 1 heterocycles. The van der Waals surface area contributed by atoms with E-state index >= 15 is 0 Å². The molecule has 1 aromatic carbocycles. The number of aromatic nitrogens is 2. The lowest BCUT2D eigenvalue weighted by atomic mass is 9.76. The summed E-state index contributed by atoms with van der Waals surface area (Å²) in [7, 11) is 0. The minimum absolute atomic E-state index is 0.136. The number of imidazole rings is 1. The number of ether oxygens (including phenoxy) is 1. The van der Waals surface area contributed by atoms with E-state index in [4.69, 9.17) is 4.74 Å². The highest BCUT2D eigenvalue weighted by molar-refractivity contribution is 6.03. The third kappa shape index (κ3) is 4.90. The van der Waals surface area contributed by atoms with Crippen LogP contribution in [0.4, 0.5) is 5.69 Å². The van der Waals surface area contributed by atoms with E-state index in [-0.39, 0.29) is 23.7 Å². The normalized spacial score (nSPS) is 17.9. The fourth-order valence-corrected chi connectivity index (χ4v) is 4.36. The number of hydrogen-bond donors (Lipinski definition) is 1. The maximum atomic E-state index is 13.3. The fraction of sp³-hybridized carbons (Fsp3) is 0.481. The average molecular weight is 458 g/mol. The van der Waals surface area contributed by atoms with Crippen molar-refractivity contribution >= 4 is 17.2 Å². The van der Waals surface area contributed by atoms with Crippen molar-refractivity contribution in [3.05, 3.63) is 53.1 Å². The van der Waals surface area contributed by atoms with Gasteiger partial charge in [0.15, 0.2) is 5.69 Å². The highest BCUT2D eigenvalue weighted by Crippen LogP contribution is 2.49. The van der Waals surface area contributed by atoms with Crippen molar-refractivity contribution in [2.75, 3.05) is 11.9 Å². The third-order valence-corrected chi connectivity index (χ3v) is 6.78. The fourth-order valence-electron chi connectivity index (χ4n) is 4.36. The number of anilines is 1. The van der Waals surface area contributed by atoms with Gasteiger partial charge >= 0.3 is 0 Å². The molecule has 1 aromatic heterocycles. The van der Waals surface area contributed by atoms with Gasteiger partial charge in [0.05, 0.1) is 11.5 Å². The molecule has 0 spiro atoms. The van der Waals surface area contributed by atoms with E-state index in [2.05, 4.69) is 42.4 Å². The standard InChI is InChI=1S/C27H31N5O2/c1-4-13-34-18-32-16-21(15-28)30-24(32)25(33)31-23-6-5-20(27(17-29)11-12-27)14-22(23)19-7-9-26(2,3)10-8-19/h5-7,14,16H,4,8-13,18H2,1-3H3,(H,31,33). The molecule has 1 amide bonds. The van der Waals surface area contributed by atoms with Crippen LogP contribution >= 0.6 is 0 Å². The minimum atomic E-state index is -0.402. The maximum Gasteiger partial charge on any atom is 0.291 e. The topological polar surface area (TPSA) is 104 Å². The predicted molar refractivity (Wildman–Crippen MR) is 130 cm³/mol. The molecule has 0 unspecified atom stereocenters. The number of hydrogen-bond acceptors (Lipinski definition) is 5. The molecule has 7 heteroatoms. The minimum Gasteiger partial charge on any atom is -0.361 e. The molecule has 2 aliphatic rings. The zero-order valence-corrected chi connectivity index (χ0v) is 20.1. The molecular weight excluding hydrogens is 426 g/mol. The van der Waals surface area contributed by atoms with Gasteiger partial charge in [-0.15, -0.1) is 0 Å². The van der Waals surface area contributed by atoms with E-state index in [9.17, 15) is 15.3 Å². The Labute approximate surface area is 201 Å². The zero-order valence-electron chi connectivity index (χ0n) is 20.1. The molecular formula is C27H31N5O2. The first-order valence-electron chi connectivity index (χ1n) is 11.9. The predicted octanol–water partition coefficient (Wildman–Crippen LogP) is 5.54. The van der Waals surface area contributed by atoms with Gasteiger partial charge in [-0.2, -0.15) is 10.5 Å². The Hall–Kier alpha value is -3.42. The van der Waals surface area contributed by atoms with Gasteiger partial charge in [-0.3, -0.25) is 4.79 Å². The van der Waals surface area contributed by atoms with Crippen molar-refractivity contribution in [3.63, 3.8) is 0 Å². The molecule has 1 N–H and O–H groups in total. The second kappa shape index (κ2) is 9.44. The van der Waals surface area contributed by atoms with E-state index in [1.807, 2.05) is 25.1 Å². The molecule has 0 radical (unpaired) electrons. The molecule has 1 fully saturated rings. The van der Waals surface area contributed by atoms with Crippen LogP contribution in [0, 0.1) is 28.1 Å². The van der Waals surface area contributed by atoms with Crippen LogP contribution in [0.3, 0.4) is 0 Å². The van der Waals surface area contributed by atoms with Crippen molar-refractivity contribution in [2.45, 2.75) is 71.4 Å². The Balaban J connectivity index is 1.66. The van der Waals surface area contributed by atoms with Gasteiger partial charge in [-0.05, 0) is 67.2 Å². The van der Waals surface area contributed by atoms with Crippen LogP contribution in [0.2, 0.25) is 0 Å². The summed E-state index contributed by atoms with van der Waals surface area (Å²) in [4.78, 5) is 17.5. The first-order chi connectivity index (χ1) is 16.3. The van der Waals surface area contributed by atoms with Crippen LogP contribution < -0.4 is 5.32 Å². The van der Waals surface area contributed by atoms with Gasteiger partial charge in [0, 0.05) is 24.1 Å². The summed E-state index contributed by atoms with van der Waals surface area (Å²) in [6.07, 6.45) is 9.32. The largest absolute Gasteiger partial charge is 0.361 e. The van der Waals surface area contributed by atoms with Crippen molar-refractivity contribution in [1.29, 1.82) is 10.5 Å². The first-order valence-corrected chi connectivity index (χ1v) is 11.9. The summed E-state index contributed by atoms with van der Waals surface area (Å²) < 4.78 is 7.14. The van der Waals surface area contributed by atoms with E-state index < -0.39 is 11.3 Å². The third-order valence-electron chi connectivity index (χ3n) is 6.78. The summed E-state index contributed by atoms with van der Waals surface area (Å²) in [6, 6.07) is 10.4. The number of benzene rings is 1. The summed E-state index contributed by atoms with van der Waals surface area (Å²) >= 11 is 0. The van der Waals surface area contributed by atoms with Crippen LogP contribution in [-0.2, 0) is 16.9 Å². The van der Waals surface area contributed by atoms with Gasteiger partial charge in [-0.1, -0.05) is 32.9 Å². The Bertz CT molecular complexity index is 1200. The smallest absolute Gasteiger partial charge is 0.291 e. The number of allylic oxidation sites excluding steroid dienone is 2. The summed E-state index contributed by atoms with van der Waals surface area (Å²) in [6.45, 7) is 7.25. The molecule has 176 valence electrons. The van der Waals surface area contributed by atoms with E-state index in [0.29, 0.717) is 12.3 Å². The number of carbonyl (C=O) groups is 1. The Morgan fingerprint density at radius 3 is 2.68 bits per heavy atom. The number of nitrogens with one attached hydrogen (secondary N) is 1. The first kappa shape index (κ1) is 23.7. The number of nitrogens with zero attached hydrogens (tertiary/aromatic N) is 4. The Morgan fingerprint density at radius 2 is 2.06 bits per heavy atom. The highest BCUT2D eigenvalue weighted by Gasteiger charge is 2.45. The van der Waals surface area contributed by atoms with Gasteiger partial charge in [0.1, 0.15) is 12.8 Å². The lowest BCUT2D eigenvalue weighted by molar-refractivity contribution is 0.0731. The number of rotatable bonds is 8. The van der Waals surface area contributed by atoms with Gasteiger partial charge < -0.3 is 14.6 Å². The molecule has 34 heavy (non-hydrogen) atoms. The van der Waals surface area contributed by atoms with Crippen LogP contribution in [0.1, 0.15) is 86.7 Å². The molecule has 0 aliphatic heterocycles. The van der Waals surface area contributed by atoms with E-state index in [0.717, 1.165) is 49.7 Å². The Morgan fingerprint density at radius 1 is 1.26 bits per heavy atom. The highest BCUT2D eigenvalue weighted by atomic mass is 16.5. The molecule has 2 aromatic rings. The Kier molecular flexibility index (Phi) is 6.59. The number of carbonyl (C=O) groups excluding carboxylic acids is 1. The van der Waals surface area contributed by atoms with Crippen LogP contribution in [-0.4, -0.2) is 22.1 Å². The molecule has 0 saturated heterocycles. The van der Waals surface area contributed by atoms with Crippen LogP contribution in [0.5, 0.6) is 0 Å².